The largest absolute Gasteiger partial charge is 0.342 e. The molecule has 2 bridgehead atoms. The summed E-state index contributed by atoms with van der Waals surface area (Å²) in [4.78, 5) is 17.2. The Morgan fingerprint density at radius 3 is 2.33 bits per heavy atom. The molecule has 0 aromatic carbocycles. The Morgan fingerprint density at radius 2 is 1.71 bits per heavy atom. The molecule has 3 saturated heterocycles. The van der Waals surface area contributed by atoms with Crippen molar-refractivity contribution in [3.05, 3.63) is 0 Å². The van der Waals surface area contributed by atoms with Crippen LogP contribution in [0.1, 0.15) is 58.3 Å². The van der Waals surface area contributed by atoms with E-state index < -0.39 is 0 Å². The van der Waals surface area contributed by atoms with Crippen LogP contribution in [-0.4, -0.2) is 60.0 Å². The van der Waals surface area contributed by atoms with Crippen molar-refractivity contribution in [1.82, 2.24) is 15.1 Å². The molecular weight excluding hydrogens is 262 g/mol. The van der Waals surface area contributed by atoms with Gasteiger partial charge in [0.2, 0.25) is 5.91 Å². The van der Waals surface area contributed by atoms with Crippen LogP contribution >= 0.6 is 0 Å². The Kier molecular flexibility index (Phi) is 5.17. The van der Waals surface area contributed by atoms with Crippen LogP contribution in [-0.2, 0) is 4.79 Å². The van der Waals surface area contributed by atoms with E-state index in [1.54, 1.807) is 0 Å². The van der Waals surface area contributed by atoms with E-state index >= 15 is 0 Å². The smallest absolute Gasteiger partial charge is 0.236 e. The number of nitrogens with one attached hydrogen (secondary N) is 1. The minimum atomic E-state index is 0.383. The number of hydrogen-bond donors (Lipinski definition) is 1. The molecule has 3 aliphatic heterocycles. The first kappa shape index (κ1) is 15.3. The summed E-state index contributed by atoms with van der Waals surface area (Å²) < 4.78 is 0. The van der Waals surface area contributed by atoms with Gasteiger partial charge in [0, 0.05) is 31.2 Å². The first-order valence-corrected chi connectivity index (χ1v) is 9.05. The number of carbonyl (C=O) groups is 1. The zero-order valence-electron chi connectivity index (χ0n) is 13.5. The van der Waals surface area contributed by atoms with Crippen LogP contribution < -0.4 is 5.32 Å². The highest BCUT2D eigenvalue weighted by Crippen LogP contribution is 2.34. The molecule has 4 nitrogen and oxygen atoms in total. The van der Waals surface area contributed by atoms with Crippen molar-refractivity contribution in [1.29, 1.82) is 0 Å². The molecule has 0 aromatic rings. The molecule has 0 radical (unpaired) electrons. The molecule has 0 aromatic heterocycles. The number of fused-ring (bicyclic) bond motifs is 2. The van der Waals surface area contributed by atoms with Crippen molar-refractivity contribution in [2.45, 2.75) is 76.4 Å². The number of rotatable bonds is 4. The van der Waals surface area contributed by atoms with Crippen LogP contribution in [0.25, 0.3) is 0 Å². The molecular formula is C17H31N3O. The molecule has 1 amide bonds. The Balaban J connectivity index is 1.58. The van der Waals surface area contributed by atoms with E-state index in [1.807, 2.05) is 0 Å². The molecule has 3 fully saturated rings. The van der Waals surface area contributed by atoms with Gasteiger partial charge in [-0.05, 0) is 51.5 Å². The van der Waals surface area contributed by atoms with Crippen LogP contribution in [0.4, 0.5) is 0 Å². The van der Waals surface area contributed by atoms with Gasteiger partial charge in [-0.3, -0.25) is 9.69 Å². The third-order valence-corrected chi connectivity index (χ3v) is 5.65. The molecule has 0 spiro atoms. The quantitative estimate of drug-likeness (QED) is 0.861. The third-order valence-electron chi connectivity index (χ3n) is 5.65. The van der Waals surface area contributed by atoms with Gasteiger partial charge in [0.25, 0.3) is 0 Å². The fourth-order valence-corrected chi connectivity index (χ4v) is 4.59. The Morgan fingerprint density at radius 1 is 1.05 bits per heavy atom. The normalized spacial score (nSPS) is 34.0. The summed E-state index contributed by atoms with van der Waals surface area (Å²) >= 11 is 0. The monoisotopic (exact) mass is 293 g/mol. The maximum Gasteiger partial charge on any atom is 0.236 e. The lowest BCUT2D eigenvalue weighted by atomic mass is 9.81. The van der Waals surface area contributed by atoms with Crippen LogP contribution in [0.3, 0.4) is 0 Å². The molecule has 0 saturated carbocycles. The number of carbonyl (C=O) groups excluding carboxylic acids is 1. The van der Waals surface area contributed by atoms with E-state index in [0.29, 0.717) is 30.6 Å². The number of piperidine rings is 3. The van der Waals surface area contributed by atoms with Gasteiger partial charge in [0.1, 0.15) is 0 Å². The van der Waals surface area contributed by atoms with Crippen molar-refractivity contribution in [3.63, 3.8) is 0 Å². The summed E-state index contributed by atoms with van der Waals surface area (Å²) in [5, 5.41) is 3.63. The summed E-state index contributed by atoms with van der Waals surface area (Å²) in [6.45, 7) is 5.91. The van der Waals surface area contributed by atoms with Crippen molar-refractivity contribution in [2.75, 3.05) is 26.2 Å². The van der Waals surface area contributed by atoms with Gasteiger partial charge < -0.3 is 10.2 Å². The molecule has 2 unspecified atom stereocenters. The van der Waals surface area contributed by atoms with Gasteiger partial charge in [-0.2, -0.15) is 0 Å². The molecule has 0 aliphatic carbocycles. The third kappa shape index (κ3) is 3.59. The Hall–Kier alpha value is -0.610. The van der Waals surface area contributed by atoms with Crippen LogP contribution in [0, 0.1) is 0 Å². The van der Waals surface area contributed by atoms with E-state index in [4.69, 9.17) is 0 Å². The molecule has 3 rings (SSSR count). The zero-order chi connectivity index (χ0) is 14.7. The standard InChI is InChI=1S/C17H31N3O/c1-2-18-14-11-15-7-6-8-16(12-14)20(15)13-17(21)19-9-4-3-5-10-19/h14-16,18H,2-13H2,1H3. The fourth-order valence-electron chi connectivity index (χ4n) is 4.59. The van der Waals surface area contributed by atoms with Crippen LogP contribution in [0.15, 0.2) is 0 Å². The van der Waals surface area contributed by atoms with E-state index in [1.165, 1.54) is 51.4 Å². The van der Waals surface area contributed by atoms with E-state index in [0.717, 1.165) is 19.6 Å². The van der Waals surface area contributed by atoms with Gasteiger partial charge in [0.15, 0.2) is 0 Å². The predicted molar refractivity (Wildman–Crippen MR) is 85.3 cm³/mol. The van der Waals surface area contributed by atoms with Gasteiger partial charge in [-0.1, -0.05) is 13.3 Å². The summed E-state index contributed by atoms with van der Waals surface area (Å²) in [7, 11) is 0. The predicted octanol–water partition coefficient (Wildman–Crippen LogP) is 1.99. The molecule has 21 heavy (non-hydrogen) atoms. The molecule has 3 aliphatic rings. The fraction of sp³-hybridized carbons (Fsp3) is 0.941. The first-order chi connectivity index (χ1) is 10.3. The minimum absolute atomic E-state index is 0.383. The second kappa shape index (κ2) is 7.10. The van der Waals surface area contributed by atoms with Gasteiger partial charge >= 0.3 is 0 Å². The van der Waals surface area contributed by atoms with Crippen molar-refractivity contribution in [2.24, 2.45) is 0 Å². The average molecular weight is 293 g/mol. The summed E-state index contributed by atoms with van der Waals surface area (Å²) in [5.41, 5.74) is 0. The van der Waals surface area contributed by atoms with Gasteiger partial charge in [-0.15, -0.1) is 0 Å². The first-order valence-electron chi connectivity index (χ1n) is 9.05. The minimum Gasteiger partial charge on any atom is -0.342 e. The van der Waals surface area contributed by atoms with E-state index in [9.17, 15) is 4.79 Å². The highest BCUT2D eigenvalue weighted by Gasteiger charge is 2.39. The van der Waals surface area contributed by atoms with Crippen molar-refractivity contribution >= 4 is 5.91 Å². The maximum atomic E-state index is 12.6. The van der Waals surface area contributed by atoms with Crippen molar-refractivity contribution < 1.29 is 4.79 Å². The van der Waals surface area contributed by atoms with E-state index in [2.05, 4.69) is 22.0 Å². The number of amides is 1. The Labute approximate surface area is 129 Å². The average Bonchev–Trinajstić information content (AvgIpc) is 2.49. The summed E-state index contributed by atoms with van der Waals surface area (Å²) in [6.07, 6.45) is 10.1. The molecule has 2 atom stereocenters. The highest BCUT2D eigenvalue weighted by atomic mass is 16.2. The SMILES string of the molecule is CCNC1CC2CCCC(C1)N2CC(=O)N1CCCCC1. The number of hydrogen-bond acceptors (Lipinski definition) is 3. The number of nitrogens with zero attached hydrogens (tertiary/aromatic N) is 2. The van der Waals surface area contributed by atoms with E-state index in [-0.39, 0.29) is 0 Å². The lowest BCUT2D eigenvalue weighted by Crippen LogP contribution is -2.58. The van der Waals surface area contributed by atoms with Gasteiger partial charge in [-0.25, -0.2) is 0 Å². The molecule has 120 valence electrons. The highest BCUT2D eigenvalue weighted by molar-refractivity contribution is 5.78. The zero-order valence-corrected chi connectivity index (χ0v) is 13.5. The lowest BCUT2D eigenvalue weighted by molar-refractivity contribution is -0.136. The topological polar surface area (TPSA) is 35.6 Å². The van der Waals surface area contributed by atoms with Crippen molar-refractivity contribution in [3.8, 4) is 0 Å². The summed E-state index contributed by atoms with van der Waals surface area (Å²) in [6, 6.07) is 1.94. The van der Waals surface area contributed by atoms with Gasteiger partial charge in [0.05, 0.1) is 6.54 Å². The lowest BCUT2D eigenvalue weighted by Gasteiger charge is -2.49. The van der Waals surface area contributed by atoms with Crippen LogP contribution in [0.5, 0.6) is 0 Å². The summed E-state index contributed by atoms with van der Waals surface area (Å²) in [5.74, 6) is 0.383. The Bertz CT molecular complexity index is 340. The molecule has 1 N–H and O–H groups in total. The number of likely N-dealkylation sites (tertiary alicyclic amines) is 1. The molecule has 4 heteroatoms. The molecule has 3 heterocycles. The second-order valence-electron chi connectivity index (χ2n) is 7.08. The maximum absolute atomic E-state index is 12.6. The second-order valence-corrected chi connectivity index (χ2v) is 7.08. The van der Waals surface area contributed by atoms with Crippen LogP contribution in [0.2, 0.25) is 0 Å².